The van der Waals surface area contributed by atoms with Gasteiger partial charge < -0.3 is 15.1 Å². The van der Waals surface area contributed by atoms with Gasteiger partial charge >= 0.3 is 0 Å². The summed E-state index contributed by atoms with van der Waals surface area (Å²) in [5.41, 5.74) is 0.722. The van der Waals surface area contributed by atoms with Crippen LogP contribution in [0.1, 0.15) is 21.9 Å². The Morgan fingerprint density at radius 1 is 1.15 bits per heavy atom. The van der Waals surface area contributed by atoms with Crippen molar-refractivity contribution in [2.45, 2.75) is 13.5 Å². The topological polar surface area (TPSA) is 78.4 Å². The Kier molecular flexibility index (Phi) is 6.21. The molecule has 0 radical (unpaired) electrons. The monoisotopic (exact) mass is 359 g/mol. The average Bonchev–Trinajstić information content (AvgIpc) is 2.59. The van der Waals surface area contributed by atoms with Crippen LogP contribution in [0.4, 0.5) is 10.2 Å². The molecule has 2 aromatic rings. The molecule has 2 amide bonds. The minimum absolute atomic E-state index is 0.0690. The van der Waals surface area contributed by atoms with Gasteiger partial charge in [0, 0.05) is 32.9 Å². The molecule has 0 saturated carbocycles. The molecule has 0 aliphatic carbocycles. The summed E-state index contributed by atoms with van der Waals surface area (Å²) in [4.78, 5) is 35.9. The highest BCUT2D eigenvalue weighted by atomic mass is 19.1. The summed E-state index contributed by atoms with van der Waals surface area (Å²) in [6.07, 6.45) is 0. The van der Waals surface area contributed by atoms with Crippen LogP contribution in [0.3, 0.4) is 0 Å². The second-order valence-corrected chi connectivity index (χ2v) is 6.10. The minimum Gasteiger partial charge on any atom is -0.363 e. The van der Waals surface area contributed by atoms with Crippen molar-refractivity contribution in [3.8, 4) is 0 Å². The van der Waals surface area contributed by atoms with E-state index in [1.807, 2.05) is 32.0 Å². The third kappa shape index (κ3) is 4.98. The number of hydrogen-bond donors (Lipinski definition) is 1. The van der Waals surface area contributed by atoms with Gasteiger partial charge in [-0.1, -0.05) is 12.1 Å². The zero-order valence-corrected chi connectivity index (χ0v) is 15.3. The molecule has 1 heterocycles. The molecule has 26 heavy (non-hydrogen) atoms. The van der Waals surface area contributed by atoms with E-state index in [4.69, 9.17) is 0 Å². The quantitative estimate of drug-likeness (QED) is 0.843. The molecule has 2 rings (SSSR count). The Balaban J connectivity index is 1.95. The normalized spacial score (nSPS) is 10.3. The molecule has 7 nitrogen and oxygen atoms in total. The van der Waals surface area contributed by atoms with Crippen LogP contribution >= 0.6 is 0 Å². The van der Waals surface area contributed by atoms with Crippen molar-refractivity contribution < 1.29 is 14.0 Å². The fourth-order valence-corrected chi connectivity index (χ4v) is 2.28. The molecule has 0 spiro atoms. The fourth-order valence-electron chi connectivity index (χ4n) is 2.28. The first-order valence-electron chi connectivity index (χ1n) is 8.06. The number of aromatic nitrogens is 2. The van der Waals surface area contributed by atoms with E-state index < -0.39 is 11.7 Å². The van der Waals surface area contributed by atoms with Crippen molar-refractivity contribution in [1.29, 1.82) is 0 Å². The number of amides is 2. The number of carbonyl (C=O) groups is 2. The van der Waals surface area contributed by atoms with E-state index in [-0.39, 0.29) is 24.6 Å². The molecule has 0 fully saturated rings. The Morgan fingerprint density at radius 2 is 1.85 bits per heavy atom. The number of likely N-dealkylation sites (N-methyl/N-ethyl adjacent to an activating group) is 1. The lowest BCUT2D eigenvalue weighted by molar-refractivity contribution is -0.121. The highest BCUT2D eigenvalue weighted by Crippen LogP contribution is 2.10. The summed E-state index contributed by atoms with van der Waals surface area (Å²) in [6.45, 7) is 1.80. The first-order valence-corrected chi connectivity index (χ1v) is 8.06. The molecule has 138 valence electrons. The average molecular weight is 359 g/mol. The Bertz CT molecular complexity index is 810. The number of carbonyl (C=O) groups excluding carboxylic acids is 2. The van der Waals surface area contributed by atoms with E-state index in [1.165, 1.54) is 25.2 Å². The summed E-state index contributed by atoms with van der Waals surface area (Å²) < 4.78 is 13.7. The molecule has 0 aliphatic rings. The highest BCUT2D eigenvalue weighted by Gasteiger charge is 2.18. The molecule has 0 atom stereocenters. The molecule has 1 aromatic heterocycles. The van der Waals surface area contributed by atoms with Crippen LogP contribution in [0.25, 0.3) is 0 Å². The van der Waals surface area contributed by atoms with Crippen molar-refractivity contribution in [1.82, 2.24) is 20.2 Å². The van der Waals surface area contributed by atoms with Crippen LogP contribution in [0.2, 0.25) is 0 Å². The number of hydrogen-bond acceptors (Lipinski definition) is 5. The lowest BCUT2D eigenvalue weighted by Gasteiger charge is -2.17. The third-order valence-electron chi connectivity index (χ3n) is 3.62. The van der Waals surface area contributed by atoms with Gasteiger partial charge in [0.2, 0.25) is 5.91 Å². The second kappa shape index (κ2) is 8.37. The van der Waals surface area contributed by atoms with Crippen molar-refractivity contribution in [3.05, 3.63) is 53.2 Å². The van der Waals surface area contributed by atoms with Crippen molar-refractivity contribution in [2.75, 3.05) is 32.6 Å². The molecule has 0 bridgehead atoms. The number of benzene rings is 1. The van der Waals surface area contributed by atoms with Crippen molar-refractivity contribution >= 4 is 17.6 Å². The maximum absolute atomic E-state index is 13.7. The van der Waals surface area contributed by atoms with Crippen LogP contribution in [0.15, 0.2) is 30.3 Å². The lowest BCUT2D eigenvalue weighted by atomic mass is 10.2. The molecule has 8 heteroatoms. The standard InChI is InChI=1S/C18H22FN5O2/c1-12-9-16(23(2)3)22-15(21-12)10-20-17(25)11-24(4)18(26)13-7-5-6-8-14(13)19/h5-9H,10-11H2,1-4H3,(H,20,25). The van der Waals surface area contributed by atoms with Crippen LogP contribution in [-0.2, 0) is 11.3 Å². The van der Waals surface area contributed by atoms with Gasteiger partial charge in [-0.15, -0.1) is 0 Å². The summed E-state index contributed by atoms with van der Waals surface area (Å²) in [5.74, 6) is -0.332. The minimum atomic E-state index is -0.617. The number of anilines is 1. The maximum atomic E-state index is 13.7. The van der Waals surface area contributed by atoms with Gasteiger partial charge in [-0.25, -0.2) is 14.4 Å². The van der Waals surface area contributed by atoms with Crippen LogP contribution in [-0.4, -0.2) is 54.4 Å². The number of halogens is 1. The molecular weight excluding hydrogens is 337 g/mol. The van der Waals surface area contributed by atoms with E-state index >= 15 is 0 Å². The molecule has 0 saturated heterocycles. The Morgan fingerprint density at radius 3 is 2.50 bits per heavy atom. The fraction of sp³-hybridized carbons (Fsp3) is 0.333. The zero-order chi connectivity index (χ0) is 19.3. The largest absolute Gasteiger partial charge is 0.363 e. The first-order chi connectivity index (χ1) is 12.3. The number of aryl methyl sites for hydroxylation is 1. The lowest BCUT2D eigenvalue weighted by Crippen LogP contribution is -2.38. The maximum Gasteiger partial charge on any atom is 0.257 e. The predicted octanol–water partition coefficient (Wildman–Crippen LogP) is 1.38. The third-order valence-corrected chi connectivity index (χ3v) is 3.62. The van der Waals surface area contributed by atoms with Crippen LogP contribution < -0.4 is 10.2 Å². The number of nitrogens with zero attached hydrogens (tertiary/aromatic N) is 4. The Labute approximate surface area is 151 Å². The molecular formula is C18H22FN5O2. The molecule has 1 N–H and O–H groups in total. The van der Waals surface area contributed by atoms with Gasteiger partial charge in [0.1, 0.15) is 17.5 Å². The van der Waals surface area contributed by atoms with Gasteiger partial charge in [-0.2, -0.15) is 0 Å². The van der Waals surface area contributed by atoms with Gasteiger partial charge in [-0.05, 0) is 19.1 Å². The van der Waals surface area contributed by atoms with Crippen molar-refractivity contribution in [3.63, 3.8) is 0 Å². The summed E-state index contributed by atoms with van der Waals surface area (Å²) in [7, 11) is 5.18. The second-order valence-electron chi connectivity index (χ2n) is 6.10. The first kappa shape index (κ1) is 19.3. The SMILES string of the molecule is Cc1cc(N(C)C)nc(CNC(=O)CN(C)C(=O)c2ccccc2F)n1. The smallest absolute Gasteiger partial charge is 0.257 e. The van der Waals surface area contributed by atoms with Crippen LogP contribution in [0.5, 0.6) is 0 Å². The van der Waals surface area contributed by atoms with E-state index in [0.29, 0.717) is 5.82 Å². The predicted molar refractivity (Wildman–Crippen MR) is 96.3 cm³/mol. The summed E-state index contributed by atoms with van der Waals surface area (Å²) in [5, 5.41) is 2.67. The van der Waals surface area contributed by atoms with E-state index in [9.17, 15) is 14.0 Å². The van der Waals surface area contributed by atoms with E-state index in [1.54, 1.807) is 6.07 Å². The molecule has 0 aliphatic heterocycles. The molecule has 0 unspecified atom stereocenters. The van der Waals surface area contributed by atoms with Crippen molar-refractivity contribution in [2.24, 2.45) is 0 Å². The molecule has 1 aromatic carbocycles. The zero-order valence-electron chi connectivity index (χ0n) is 15.3. The van der Waals surface area contributed by atoms with Gasteiger partial charge in [0.25, 0.3) is 5.91 Å². The number of rotatable bonds is 6. The Hall–Kier alpha value is -3.03. The van der Waals surface area contributed by atoms with Gasteiger partial charge in [-0.3, -0.25) is 9.59 Å². The summed E-state index contributed by atoms with van der Waals surface area (Å²) >= 11 is 0. The van der Waals surface area contributed by atoms with Gasteiger partial charge in [0.05, 0.1) is 18.7 Å². The summed E-state index contributed by atoms with van der Waals surface area (Å²) in [6, 6.07) is 7.50. The highest BCUT2D eigenvalue weighted by molar-refractivity contribution is 5.96. The number of nitrogens with one attached hydrogen (secondary N) is 1. The van der Waals surface area contributed by atoms with E-state index in [2.05, 4.69) is 15.3 Å². The van der Waals surface area contributed by atoms with E-state index in [0.717, 1.165) is 16.4 Å². The van der Waals surface area contributed by atoms with Crippen LogP contribution in [0, 0.1) is 12.7 Å². The van der Waals surface area contributed by atoms with Gasteiger partial charge in [0.15, 0.2) is 0 Å².